The number of nitrogens with zero attached hydrogens (tertiary/aromatic N) is 2. The van der Waals surface area contributed by atoms with Crippen LogP contribution in [0.3, 0.4) is 0 Å². The van der Waals surface area contributed by atoms with E-state index in [-0.39, 0.29) is 37.0 Å². The standard InChI is InChI=1S/C22H20FN3O2/c23-17-6-3-5-16(13-17)14-24-21(27)10-11-22(28)26-15-18-7-4-12-25(18)19-8-1-2-9-20(19)26/h1-9,12-13H,10-11,14-15H2,(H,24,27). The lowest BCUT2D eigenvalue weighted by Crippen LogP contribution is -2.35. The van der Waals surface area contributed by atoms with Crippen molar-refractivity contribution in [3.8, 4) is 5.69 Å². The van der Waals surface area contributed by atoms with Crippen LogP contribution in [0.25, 0.3) is 5.69 Å². The van der Waals surface area contributed by atoms with E-state index in [2.05, 4.69) is 9.88 Å². The van der Waals surface area contributed by atoms with Gasteiger partial charge in [-0.3, -0.25) is 9.59 Å². The number of hydrogen-bond acceptors (Lipinski definition) is 2. The first-order valence-corrected chi connectivity index (χ1v) is 9.19. The third-order valence-electron chi connectivity index (χ3n) is 4.83. The number of anilines is 1. The first-order chi connectivity index (χ1) is 13.6. The molecule has 142 valence electrons. The molecule has 0 spiro atoms. The summed E-state index contributed by atoms with van der Waals surface area (Å²) < 4.78 is 15.3. The Kier molecular flexibility index (Phi) is 4.93. The molecule has 0 saturated carbocycles. The lowest BCUT2D eigenvalue weighted by atomic mass is 10.1. The summed E-state index contributed by atoms with van der Waals surface area (Å²) in [5.41, 5.74) is 3.52. The maximum Gasteiger partial charge on any atom is 0.227 e. The van der Waals surface area contributed by atoms with Crippen molar-refractivity contribution in [1.82, 2.24) is 9.88 Å². The summed E-state index contributed by atoms with van der Waals surface area (Å²) in [5.74, 6) is -0.664. The molecule has 4 rings (SSSR count). The van der Waals surface area contributed by atoms with Crippen LogP contribution in [0.5, 0.6) is 0 Å². The van der Waals surface area contributed by atoms with Gasteiger partial charge in [-0.25, -0.2) is 4.39 Å². The van der Waals surface area contributed by atoms with Gasteiger partial charge in [0.15, 0.2) is 0 Å². The number of hydrogen-bond donors (Lipinski definition) is 1. The molecule has 0 saturated heterocycles. The third-order valence-corrected chi connectivity index (χ3v) is 4.83. The van der Waals surface area contributed by atoms with E-state index < -0.39 is 0 Å². The molecule has 0 bridgehead atoms. The first kappa shape index (κ1) is 18.0. The number of nitrogens with one attached hydrogen (secondary N) is 1. The molecular weight excluding hydrogens is 357 g/mol. The Balaban J connectivity index is 1.37. The monoisotopic (exact) mass is 377 g/mol. The molecule has 6 heteroatoms. The van der Waals surface area contributed by atoms with Crippen LogP contribution in [0.2, 0.25) is 0 Å². The zero-order valence-corrected chi connectivity index (χ0v) is 15.3. The van der Waals surface area contributed by atoms with Gasteiger partial charge in [0.05, 0.1) is 17.9 Å². The van der Waals surface area contributed by atoms with Crippen molar-refractivity contribution in [1.29, 1.82) is 0 Å². The Bertz CT molecular complexity index is 1030. The minimum Gasteiger partial charge on any atom is -0.352 e. The maximum absolute atomic E-state index is 13.2. The summed E-state index contributed by atoms with van der Waals surface area (Å²) in [6.45, 7) is 0.721. The Hall–Kier alpha value is -3.41. The second-order valence-corrected chi connectivity index (χ2v) is 6.74. The Morgan fingerprint density at radius 3 is 2.61 bits per heavy atom. The normalized spacial score (nSPS) is 12.2. The highest BCUT2D eigenvalue weighted by atomic mass is 19.1. The molecule has 0 atom stereocenters. The van der Waals surface area contributed by atoms with E-state index in [1.807, 2.05) is 42.6 Å². The minimum atomic E-state index is -0.338. The molecule has 1 aliphatic rings. The number of amides is 2. The van der Waals surface area contributed by atoms with Gasteiger partial charge in [0.1, 0.15) is 5.82 Å². The van der Waals surface area contributed by atoms with E-state index in [1.165, 1.54) is 12.1 Å². The first-order valence-electron chi connectivity index (χ1n) is 9.19. The Morgan fingerprint density at radius 1 is 0.964 bits per heavy atom. The Morgan fingerprint density at radius 2 is 1.79 bits per heavy atom. The summed E-state index contributed by atoms with van der Waals surface area (Å²) in [6.07, 6.45) is 2.19. The topological polar surface area (TPSA) is 54.3 Å². The van der Waals surface area contributed by atoms with Crippen LogP contribution < -0.4 is 10.2 Å². The van der Waals surface area contributed by atoms with Crippen LogP contribution in [0.4, 0.5) is 10.1 Å². The fourth-order valence-electron chi connectivity index (χ4n) is 3.44. The van der Waals surface area contributed by atoms with Gasteiger partial charge < -0.3 is 14.8 Å². The molecule has 3 aromatic rings. The van der Waals surface area contributed by atoms with E-state index in [1.54, 1.807) is 17.0 Å². The van der Waals surface area contributed by atoms with E-state index in [9.17, 15) is 14.0 Å². The van der Waals surface area contributed by atoms with Crippen molar-refractivity contribution < 1.29 is 14.0 Å². The summed E-state index contributed by atoms with van der Waals surface area (Å²) in [4.78, 5) is 26.6. The highest BCUT2D eigenvalue weighted by Gasteiger charge is 2.25. The van der Waals surface area contributed by atoms with Crippen LogP contribution in [-0.4, -0.2) is 16.4 Å². The minimum absolute atomic E-state index is 0.0911. The number of carbonyl (C=O) groups is 2. The molecular formula is C22H20FN3O2. The van der Waals surface area contributed by atoms with Crippen LogP contribution in [-0.2, 0) is 22.7 Å². The zero-order valence-electron chi connectivity index (χ0n) is 15.3. The number of benzene rings is 2. The molecule has 2 aromatic carbocycles. The van der Waals surface area contributed by atoms with Crippen molar-refractivity contribution in [3.63, 3.8) is 0 Å². The smallest absolute Gasteiger partial charge is 0.227 e. The number of para-hydroxylation sites is 2. The lowest BCUT2D eigenvalue weighted by molar-refractivity contribution is -0.125. The number of halogens is 1. The fraction of sp³-hybridized carbons (Fsp3) is 0.182. The molecule has 0 fully saturated rings. The largest absolute Gasteiger partial charge is 0.352 e. The average molecular weight is 377 g/mol. The van der Waals surface area contributed by atoms with Crippen LogP contribution >= 0.6 is 0 Å². The molecule has 5 nitrogen and oxygen atoms in total. The van der Waals surface area contributed by atoms with Gasteiger partial charge in [0.2, 0.25) is 11.8 Å². The van der Waals surface area contributed by atoms with Gasteiger partial charge in [0, 0.05) is 31.3 Å². The quantitative estimate of drug-likeness (QED) is 0.739. The number of carbonyl (C=O) groups excluding carboxylic acids is 2. The molecule has 1 aromatic heterocycles. The van der Waals surface area contributed by atoms with Gasteiger partial charge in [-0.15, -0.1) is 0 Å². The van der Waals surface area contributed by atoms with Gasteiger partial charge in [-0.1, -0.05) is 24.3 Å². The van der Waals surface area contributed by atoms with Gasteiger partial charge >= 0.3 is 0 Å². The average Bonchev–Trinajstić information content (AvgIpc) is 3.19. The number of rotatable bonds is 5. The molecule has 1 aliphatic heterocycles. The van der Waals surface area contributed by atoms with E-state index >= 15 is 0 Å². The van der Waals surface area contributed by atoms with E-state index in [0.29, 0.717) is 12.1 Å². The molecule has 2 amide bonds. The zero-order chi connectivity index (χ0) is 19.5. The molecule has 0 aliphatic carbocycles. The molecule has 0 unspecified atom stereocenters. The van der Waals surface area contributed by atoms with Crippen molar-refractivity contribution in [3.05, 3.63) is 83.9 Å². The fourth-order valence-corrected chi connectivity index (χ4v) is 3.44. The predicted molar refractivity (Wildman–Crippen MR) is 104 cm³/mol. The van der Waals surface area contributed by atoms with Gasteiger partial charge in [-0.2, -0.15) is 0 Å². The van der Waals surface area contributed by atoms with Crippen molar-refractivity contribution in [2.75, 3.05) is 4.90 Å². The van der Waals surface area contributed by atoms with E-state index in [0.717, 1.165) is 17.1 Å². The van der Waals surface area contributed by atoms with Crippen LogP contribution in [0.1, 0.15) is 24.1 Å². The Labute approximate surface area is 162 Å². The summed E-state index contributed by atoms with van der Waals surface area (Å²) in [6, 6.07) is 17.8. The predicted octanol–water partition coefficient (Wildman–Crippen LogP) is 3.56. The maximum atomic E-state index is 13.2. The summed E-state index contributed by atoms with van der Waals surface area (Å²) in [5, 5.41) is 2.73. The number of fused-ring (bicyclic) bond motifs is 3. The van der Waals surface area contributed by atoms with E-state index in [4.69, 9.17) is 0 Å². The summed E-state index contributed by atoms with van der Waals surface area (Å²) in [7, 11) is 0. The summed E-state index contributed by atoms with van der Waals surface area (Å²) >= 11 is 0. The molecule has 2 heterocycles. The van der Waals surface area contributed by atoms with Gasteiger partial charge in [0.25, 0.3) is 0 Å². The SMILES string of the molecule is O=C(CCC(=O)N1Cc2cccn2-c2ccccc21)NCc1cccc(F)c1. The highest BCUT2D eigenvalue weighted by molar-refractivity contribution is 5.97. The highest BCUT2D eigenvalue weighted by Crippen LogP contribution is 2.32. The molecule has 28 heavy (non-hydrogen) atoms. The third kappa shape index (κ3) is 3.67. The second-order valence-electron chi connectivity index (χ2n) is 6.74. The van der Waals surface area contributed by atoms with Crippen molar-refractivity contribution in [2.45, 2.75) is 25.9 Å². The van der Waals surface area contributed by atoms with Crippen molar-refractivity contribution in [2.24, 2.45) is 0 Å². The van der Waals surface area contributed by atoms with Crippen LogP contribution in [0, 0.1) is 5.82 Å². The molecule has 1 N–H and O–H groups in total. The van der Waals surface area contributed by atoms with Gasteiger partial charge in [-0.05, 0) is 42.0 Å². The molecule has 0 radical (unpaired) electrons. The number of aromatic nitrogens is 1. The van der Waals surface area contributed by atoms with Crippen molar-refractivity contribution >= 4 is 17.5 Å². The second kappa shape index (κ2) is 7.68. The van der Waals surface area contributed by atoms with Crippen LogP contribution in [0.15, 0.2) is 66.9 Å². The lowest BCUT2D eigenvalue weighted by Gasteiger charge is -2.31.